The molecular weight excluding hydrogens is 257 g/mol. The first-order chi connectivity index (χ1) is 8.88. The number of piperazine rings is 1. The zero-order valence-electron chi connectivity index (χ0n) is 10.5. The number of hydrogen-bond donors (Lipinski definition) is 1. The normalized spacial score (nSPS) is 20.4. The number of nitrogens with one attached hydrogen (secondary N) is 1. The van der Waals surface area contributed by atoms with Crippen LogP contribution < -0.4 is 5.32 Å². The summed E-state index contributed by atoms with van der Waals surface area (Å²) in [7, 11) is 0. The molecule has 0 spiro atoms. The summed E-state index contributed by atoms with van der Waals surface area (Å²) in [6, 6.07) is 4.56. The zero-order chi connectivity index (χ0) is 14.0. The second kappa shape index (κ2) is 5.21. The first-order valence-electron chi connectivity index (χ1n) is 6.08. The number of alkyl halides is 3. The van der Waals surface area contributed by atoms with Gasteiger partial charge >= 0.3 is 6.18 Å². The van der Waals surface area contributed by atoms with E-state index in [1.54, 1.807) is 4.90 Å². The second-order valence-corrected chi connectivity index (χ2v) is 4.68. The first kappa shape index (κ1) is 13.9. The highest BCUT2D eigenvalue weighted by Gasteiger charge is 2.30. The van der Waals surface area contributed by atoms with Crippen molar-refractivity contribution in [2.45, 2.75) is 19.1 Å². The monoisotopic (exact) mass is 272 g/mol. The molecule has 0 aliphatic carbocycles. The number of hydrogen-bond acceptors (Lipinski definition) is 2. The third kappa shape index (κ3) is 3.26. The predicted molar refractivity (Wildman–Crippen MR) is 64.8 cm³/mol. The first-order valence-corrected chi connectivity index (χ1v) is 6.08. The molecule has 1 saturated heterocycles. The Morgan fingerprint density at radius 3 is 2.47 bits per heavy atom. The summed E-state index contributed by atoms with van der Waals surface area (Å²) < 4.78 is 37.3. The predicted octanol–water partition coefficient (Wildman–Crippen LogP) is 2.14. The van der Waals surface area contributed by atoms with Crippen molar-refractivity contribution < 1.29 is 18.0 Å². The van der Waals surface area contributed by atoms with Gasteiger partial charge in [0.15, 0.2) is 0 Å². The van der Waals surface area contributed by atoms with Crippen molar-refractivity contribution in [1.29, 1.82) is 0 Å². The highest BCUT2D eigenvalue weighted by atomic mass is 19.4. The van der Waals surface area contributed by atoms with Crippen molar-refractivity contribution in [1.82, 2.24) is 10.2 Å². The number of benzene rings is 1. The van der Waals surface area contributed by atoms with Gasteiger partial charge in [0.05, 0.1) is 5.56 Å². The van der Waals surface area contributed by atoms with Crippen LogP contribution in [0.1, 0.15) is 22.8 Å². The summed E-state index contributed by atoms with van der Waals surface area (Å²) in [5, 5.41) is 3.20. The molecule has 1 atom stereocenters. The van der Waals surface area contributed by atoms with E-state index in [4.69, 9.17) is 0 Å². The average molecular weight is 272 g/mol. The lowest BCUT2D eigenvalue weighted by atomic mass is 10.1. The van der Waals surface area contributed by atoms with Gasteiger partial charge in [-0.05, 0) is 31.2 Å². The van der Waals surface area contributed by atoms with Crippen LogP contribution in [0.15, 0.2) is 24.3 Å². The van der Waals surface area contributed by atoms with E-state index in [1.807, 2.05) is 6.92 Å². The molecule has 1 amide bonds. The van der Waals surface area contributed by atoms with Gasteiger partial charge in [0.2, 0.25) is 0 Å². The van der Waals surface area contributed by atoms with E-state index in [1.165, 1.54) is 12.1 Å². The van der Waals surface area contributed by atoms with Gasteiger partial charge in [0, 0.05) is 31.2 Å². The van der Waals surface area contributed by atoms with Gasteiger partial charge in [-0.15, -0.1) is 0 Å². The van der Waals surface area contributed by atoms with Crippen molar-refractivity contribution in [2.75, 3.05) is 19.6 Å². The molecule has 1 unspecified atom stereocenters. The van der Waals surface area contributed by atoms with E-state index in [-0.39, 0.29) is 11.9 Å². The minimum Gasteiger partial charge on any atom is -0.336 e. The highest BCUT2D eigenvalue weighted by molar-refractivity contribution is 5.94. The lowest BCUT2D eigenvalue weighted by Gasteiger charge is -2.32. The maximum atomic E-state index is 12.4. The molecule has 104 valence electrons. The topological polar surface area (TPSA) is 32.3 Å². The number of rotatable bonds is 1. The van der Waals surface area contributed by atoms with Crippen LogP contribution in [0.2, 0.25) is 0 Å². The molecular formula is C13H15F3N2O. The van der Waals surface area contributed by atoms with E-state index in [9.17, 15) is 18.0 Å². The maximum absolute atomic E-state index is 12.4. The molecule has 1 N–H and O–H groups in total. The Labute approximate surface area is 109 Å². The third-order valence-corrected chi connectivity index (χ3v) is 3.12. The van der Waals surface area contributed by atoms with E-state index >= 15 is 0 Å². The molecule has 0 radical (unpaired) electrons. The number of carbonyl (C=O) groups excluding carboxylic acids is 1. The Morgan fingerprint density at radius 1 is 1.32 bits per heavy atom. The van der Waals surface area contributed by atoms with Gasteiger partial charge in [-0.2, -0.15) is 13.2 Å². The summed E-state index contributed by atoms with van der Waals surface area (Å²) in [6.07, 6.45) is -4.37. The van der Waals surface area contributed by atoms with Crippen molar-refractivity contribution in [3.63, 3.8) is 0 Å². The van der Waals surface area contributed by atoms with Gasteiger partial charge in [-0.3, -0.25) is 4.79 Å². The summed E-state index contributed by atoms with van der Waals surface area (Å²) in [4.78, 5) is 13.8. The van der Waals surface area contributed by atoms with E-state index in [0.717, 1.165) is 12.1 Å². The Hall–Kier alpha value is -1.56. The van der Waals surface area contributed by atoms with Gasteiger partial charge in [-0.1, -0.05) is 0 Å². The quantitative estimate of drug-likeness (QED) is 0.849. The molecule has 1 fully saturated rings. The summed E-state index contributed by atoms with van der Waals surface area (Å²) in [5.41, 5.74) is -0.445. The summed E-state index contributed by atoms with van der Waals surface area (Å²) in [6.45, 7) is 3.81. The molecule has 2 rings (SSSR count). The van der Waals surface area contributed by atoms with Gasteiger partial charge in [-0.25, -0.2) is 0 Å². The fraction of sp³-hybridized carbons (Fsp3) is 0.462. The number of carbonyl (C=O) groups is 1. The highest BCUT2D eigenvalue weighted by Crippen LogP contribution is 2.29. The van der Waals surface area contributed by atoms with Crippen LogP contribution >= 0.6 is 0 Å². The van der Waals surface area contributed by atoms with Crippen molar-refractivity contribution in [2.24, 2.45) is 0 Å². The number of halogens is 3. The molecule has 1 aromatic carbocycles. The van der Waals surface area contributed by atoms with Crippen molar-refractivity contribution in [3.8, 4) is 0 Å². The summed E-state index contributed by atoms with van der Waals surface area (Å²) in [5.74, 6) is -0.220. The van der Waals surface area contributed by atoms with Gasteiger partial charge in [0.25, 0.3) is 5.91 Å². The minimum atomic E-state index is -4.37. The lowest BCUT2D eigenvalue weighted by Crippen LogP contribution is -2.51. The molecule has 19 heavy (non-hydrogen) atoms. The Bertz CT molecular complexity index is 456. The van der Waals surface area contributed by atoms with Crippen LogP contribution in [0.3, 0.4) is 0 Å². The van der Waals surface area contributed by atoms with Crippen LogP contribution in [-0.4, -0.2) is 36.5 Å². The smallest absolute Gasteiger partial charge is 0.336 e. The van der Waals surface area contributed by atoms with Crippen molar-refractivity contribution >= 4 is 5.91 Å². The minimum absolute atomic E-state index is 0.201. The van der Waals surface area contributed by atoms with Gasteiger partial charge < -0.3 is 10.2 Å². The van der Waals surface area contributed by atoms with E-state index < -0.39 is 11.7 Å². The Kier molecular flexibility index (Phi) is 3.80. The Balaban J connectivity index is 2.11. The van der Waals surface area contributed by atoms with Crippen molar-refractivity contribution in [3.05, 3.63) is 35.4 Å². The molecule has 1 heterocycles. The van der Waals surface area contributed by atoms with Crippen LogP contribution in [0, 0.1) is 0 Å². The summed E-state index contributed by atoms with van der Waals surface area (Å²) >= 11 is 0. The SMILES string of the molecule is CC1CN(C(=O)c2ccc(C(F)(F)F)cc2)CCN1. The standard InChI is InChI=1S/C13H15F3N2O/c1-9-8-18(7-6-17-9)12(19)10-2-4-11(5-3-10)13(14,15)16/h2-5,9,17H,6-8H2,1H3. The molecule has 1 aliphatic heterocycles. The number of amides is 1. The van der Waals surface area contributed by atoms with Crippen LogP contribution in [-0.2, 0) is 6.18 Å². The van der Waals surface area contributed by atoms with Crippen LogP contribution in [0.4, 0.5) is 13.2 Å². The largest absolute Gasteiger partial charge is 0.416 e. The number of nitrogens with zero attached hydrogens (tertiary/aromatic N) is 1. The van der Waals surface area contributed by atoms with Crippen LogP contribution in [0.5, 0.6) is 0 Å². The van der Waals surface area contributed by atoms with E-state index in [0.29, 0.717) is 25.2 Å². The third-order valence-electron chi connectivity index (χ3n) is 3.12. The molecule has 3 nitrogen and oxygen atoms in total. The molecule has 0 bridgehead atoms. The fourth-order valence-corrected chi connectivity index (χ4v) is 2.10. The van der Waals surface area contributed by atoms with Gasteiger partial charge in [0.1, 0.15) is 0 Å². The molecule has 6 heteroatoms. The Morgan fingerprint density at radius 2 is 1.95 bits per heavy atom. The fourth-order valence-electron chi connectivity index (χ4n) is 2.10. The lowest BCUT2D eigenvalue weighted by molar-refractivity contribution is -0.137. The zero-order valence-corrected chi connectivity index (χ0v) is 10.5. The molecule has 1 aliphatic rings. The molecule has 0 saturated carbocycles. The average Bonchev–Trinajstić information content (AvgIpc) is 2.37. The van der Waals surface area contributed by atoms with Crippen LogP contribution in [0.25, 0.3) is 0 Å². The molecule has 1 aromatic rings. The maximum Gasteiger partial charge on any atom is 0.416 e. The van der Waals surface area contributed by atoms with E-state index in [2.05, 4.69) is 5.32 Å². The second-order valence-electron chi connectivity index (χ2n) is 4.68. The molecule has 0 aromatic heterocycles.